The summed E-state index contributed by atoms with van der Waals surface area (Å²) in [5.41, 5.74) is 1.86. The van der Waals surface area contributed by atoms with Gasteiger partial charge in [0.15, 0.2) is 5.17 Å². The Labute approximate surface area is 156 Å². The third kappa shape index (κ3) is 3.46. The topological polar surface area (TPSA) is 56.1 Å². The van der Waals surface area contributed by atoms with Gasteiger partial charge in [-0.25, -0.2) is 0 Å². The summed E-state index contributed by atoms with van der Waals surface area (Å²) in [4.78, 5) is 21.5. The molecule has 6 heteroatoms. The zero-order valence-electron chi connectivity index (χ0n) is 14.2. The van der Waals surface area contributed by atoms with Crippen LogP contribution in [0.1, 0.15) is 5.56 Å². The van der Waals surface area contributed by atoms with Crippen molar-refractivity contribution in [3.8, 4) is 5.75 Å². The maximum Gasteiger partial charge on any atom is 0.286 e. The Kier molecular flexibility index (Phi) is 4.67. The van der Waals surface area contributed by atoms with Crippen molar-refractivity contribution >= 4 is 34.6 Å². The first-order valence-corrected chi connectivity index (χ1v) is 9.38. The van der Waals surface area contributed by atoms with Gasteiger partial charge in [0.1, 0.15) is 5.75 Å². The van der Waals surface area contributed by atoms with Crippen LogP contribution in [-0.4, -0.2) is 47.3 Å². The molecule has 0 unspecified atom stereocenters. The lowest BCUT2D eigenvalue weighted by molar-refractivity contribution is -0.113. The molecule has 4 rings (SSSR count). The van der Waals surface area contributed by atoms with Crippen LogP contribution >= 0.6 is 11.8 Å². The Morgan fingerprint density at radius 1 is 0.923 bits per heavy atom. The number of rotatable bonds is 2. The highest BCUT2D eigenvalue weighted by molar-refractivity contribution is 8.18. The SMILES string of the molecule is O=C1N=C(N2CCN(c3ccccc3)CC2)SC1=Cc1ccccc1O. The van der Waals surface area contributed by atoms with Crippen LogP contribution in [0.15, 0.2) is 64.5 Å². The monoisotopic (exact) mass is 365 g/mol. The maximum absolute atomic E-state index is 12.2. The van der Waals surface area contributed by atoms with E-state index in [1.807, 2.05) is 24.3 Å². The molecule has 0 aliphatic carbocycles. The summed E-state index contributed by atoms with van der Waals surface area (Å²) >= 11 is 1.38. The number of anilines is 1. The molecular weight excluding hydrogens is 346 g/mol. The van der Waals surface area contributed by atoms with Gasteiger partial charge >= 0.3 is 0 Å². The molecule has 0 spiro atoms. The summed E-state index contributed by atoms with van der Waals surface area (Å²) in [6.07, 6.45) is 1.71. The van der Waals surface area contributed by atoms with E-state index in [1.165, 1.54) is 17.4 Å². The van der Waals surface area contributed by atoms with Crippen molar-refractivity contribution in [2.45, 2.75) is 0 Å². The number of hydrogen-bond acceptors (Lipinski definition) is 5. The number of thioether (sulfide) groups is 1. The second kappa shape index (κ2) is 7.25. The number of hydrogen-bond donors (Lipinski definition) is 1. The standard InChI is InChI=1S/C20H19N3O2S/c24-17-9-5-4-6-15(17)14-18-19(25)21-20(26-18)23-12-10-22(11-13-23)16-7-2-1-3-8-16/h1-9,14,24H,10-13H2. The van der Waals surface area contributed by atoms with Crippen LogP contribution in [0.5, 0.6) is 5.75 Å². The number of aromatic hydroxyl groups is 1. The highest BCUT2D eigenvalue weighted by Gasteiger charge is 2.28. The minimum Gasteiger partial charge on any atom is -0.507 e. The van der Waals surface area contributed by atoms with Crippen LogP contribution in [0.25, 0.3) is 6.08 Å². The Bertz CT molecular complexity index is 872. The summed E-state index contributed by atoms with van der Waals surface area (Å²) in [5.74, 6) is -0.0722. The quantitative estimate of drug-likeness (QED) is 0.829. The van der Waals surface area contributed by atoms with Gasteiger partial charge < -0.3 is 14.9 Å². The smallest absolute Gasteiger partial charge is 0.286 e. The Morgan fingerprint density at radius 2 is 1.58 bits per heavy atom. The summed E-state index contributed by atoms with van der Waals surface area (Å²) < 4.78 is 0. The van der Waals surface area contributed by atoms with E-state index in [1.54, 1.807) is 24.3 Å². The van der Waals surface area contributed by atoms with Crippen molar-refractivity contribution < 1.29 is 9.90 Å². The predicted molar refractivity (Wildman–Crippen MR) is 106 cm³/mol. The molecule has 132 valence electrons. The maximum atomic E-state index is 12.2. The average Bonchev–Trinajstić information content (AvgIpc) is 3.05. The molecular formula is C20H19N3O2S. The zero-order valence-corrected chi connectivity index (χ0v) is 15.0. The summed E-state index contributed by atoms with van der Waals surface area (Å²) in [5, 5.41) is 10.6. The van der Waals surface area contributed by atoms with Crippen molar-refractivity contribution in [1.29, 1.82) is 0 Å². The number of phenolic OH excluding ortho intramolecular Hbond substituents is 1. The van der Waals surface area contributed by atoms with Crippen LogP contribution in [0.4, 0.5) is 5.69 Å². The number of amides is 1. The Balaban J connectivity index is 1.42. The van der Waals surface area contributed by atoms with Gasteiger partial charge in [0.2, 0.25) is 0 Å². The normalized spacial score (nSPS) is 19.2. The fraction of sp³-hybridized carbons (Fsp3) is 0.200. The molecule has 1 fully saturated rings. The minimum absolute atomic E-state index is 0.165. The number of amidine groups is 1. The Morgan fingerprint density at radius 3 is 2.31 bits per heavy atom. The number of benzene rings is 2. The lowest BCUT2D eigenvalue weighted by Gasteiger charge is -2.36. The van der Waals surface area contributed by atoms with Crippen LogP contribution < -0.4 is 4.90 Å². The third-order valence-corrected chi connectivity index (χ3v) is 5.55. The fourth-order valence-electron chi connectivity index (χ4n) is 3.08. The third-order valence-electron chi connectivity index (χ3n) is 4.50. The molecule has 5 nitrogen and oxygen atoms in total. The van der Waals surface area contributed by atoms with E-state index >= 15 is 0 Å². The molecule has 0 aromatic heterocycles. The van der Waals surface area contributed by atoms with Crippen LogP contribution in [0.2, 0.25) is 0 Å². The van der Waals surface area contributed by atoms with Crippen molar-refractivity contribution in [2.75, 3.05) is 31.1 Å². The van der Waals surface area contributed by atoms with E-state index in [4.69, 9.17) is 0 Å². The number of phenols is 1. The largest absolute Gasteiger partial charge is 0.507 e. The lowest BCUT2D eigenvalue weighted by atomic mass is 10.2. The van der Waals surface area contributed by atoms with Crippen LogP contribution in [0.3, 0.4) is 0 Å². The second-order valence-corrected chi connectivity index (χ2v) is 7.19. The molecule has 2 heterocycles. The number of carbonyl (C=O) groups is 1. The van der Waals surface area contributed by atoms with Gasteiger partial charge in [0.05, 0.1) is 4.91 Å². The molecule has 0 saturated carbocycles. The van der Waals surface area contributed by atoms with Gasteiger partial charge in [-0.2, -0.15) is 4.99 Å². The van der Waals surface area contributed by atoms with Gasteiger partial charge in [-0.3, -0.25) is 4.79 Å². The molecule has 2 aliphatic heterocycles. The molecule has 2 aromatic rings. The van der Waals surface area contributed by atoms with E-state index < -0.39 is 0 Å². The number of piperazine rings is 1. The van der Waals surface area contributed by atoms with E-state index in [9.17, 15) is 9.90 Å². The van der Waals surface area contributed by atoms with E-state index in [-0.39, 0.29) is 11.7 Å². The van der Waals surface area contributed by atoms with Crippen molar-refractivity contribution in [2.24, 2.45) is 4.99 Å². The Hall–Kier alpha value is -2.73. The first kappa shape index (κ1) is 16.7. The molecule has 0 bridgehead atoms. The highest BCUT2D eigenvalue weighted by atomic mass is 32.2. The highest BCUT2D eigenvalue weighted by Crippen LogP contribution is 2.32. The van der Waals surface area contributed by atoms with E-state index in [2.05, 4.69) is 26.9 Å². The summed E-state index contributed by atoms with van der Waals surface area (Å²) in [7, 11) is 0. The number of carbonyl (C=O) groups excluding carboxylic acids is 1. The fourth-order valence-corrected chi connectivity index (χ4v) is 4.03. The van der Waals surface area contributed by atoms with Crippen LogP contribution in [0, 0.1) is 0 Å². The number of para-hydroxylation sites is 2. The second-order valence-electron chi connectivity index (χ2n) is 6.18. The number of aliphatic imine (C=N–C) groups is 1. The molecule has 26 heavy (non-hydrogen) atoms. The van der Waals surface area contributed by atoms with Gasteiger partial charge in [-0.05, 0) is 36.0 Å². The first-order valence-electron chi connectivity index (χ1n) is 8.56. The predicted octanol–water partition coefficient (Wildman–Crippen LogP) is 3.18. The van der Waals surface area contributed by atoms with Crippen molar-refractivity contribution in [1.82, 2.24) is 4.90 Å². The van der Waals surface area contributed by atoms with Gasteiger partial charge in [0.25, 0.3) is 5.91 Å². The van der Waals surface area contributed by atoms with Crippen molar-refractivity contribution in [3.63, 3.8) is 0 Å². The van der Waals surface area contributed by atoms with Gasteiger partial charge in [0, 0.05) is 37.4 Å². The molecule has 1 saturated heterocycles. The molecule has 2 aliphatic rings. The molecule has 0 atom stereocenters. The van der Waals surface area contributed by atoms with Crippen molar-refractivity contribution in [3.05, 3.63) is 65.1 Å². The minimum atomic E-state index is -0.237. The zero-order chi connectivity index (χ0) is 17.9. The average molecular weight is 365 g/mol. The molecule has 2 aromatic carbocycles. The molecule has 0 radical (unpaired) electrons. The van der Waals surface area contributed by atoms with E-state index in [0.29, 0.717) is 10.5 Å². The summed E-state index contributed by atoms with van der Waals surface area (Å²) in [6.45, 7) is 3.46. The van der Waals surface area contributed by atoms with Crippen LogP contribution in [-0.2, 0) is 4.79 Å². The first-order chi connectivity index (χ1) is 12.7. The van der Waals surface area contributed by atoms with Gasteiger partial charge in [-0.15, -0.1) is 0 Å². The molecule has 1 amide bonds. The summed E-state index contributed by atoms with van der Waals surface area (Å²) in [6, 6.07) is 17.3. The van der Waals surface area contributed by atoms with Gasteiger partial charge in [-0.1, -0.05) is 36.4 Å². The van der Waals surface area contributed by atoms with E-state index in [0.717, 1.165) is 31.3 Å². The lowest BCUT2D eigenvalue weighted by Crippen LogP contribution is -2.47. The number of nitrogens with zero attached hydrogens (tertiary/aromatic N) is 3. The molecule has 1 N–H and O–H groups in total.